The molecule has 0 unspecified atom stereocenters. The number of benzene rings is 2. The summed E-state index contributed by atoms with van der Waals surface area (Å²) in [4.78, 5) is 13.4. The fourth-order valence-corrected chi connectivity index (χ4v) is 4.39. The van der Waals surface area contributed by atoms with Crippen LogP contribution < -0.4 is 9.86 Å². The third-order valence-corrected chi connectivity index (χ3v) is 6.88. The van der Waals surface area contributed by atoms with Crippen molar-refractivity contribution in [3.05, 3.63) is 81.8 Å². The molecule has 0 saturated carbocycles. The van der Waals surface area contributed by atoms with E-state index in [1.165, 1.54) is 23.1 Å². The molecular formula is C21H26N4O3S. The first-order chi connectivity index (χ1) is 13.7. The molecule has 8 heteroatoms. The average Bonchev–Trinajstić information content (AvgIpc) is 2.90. The molecule has 0 N–H and O–H groups in total. The lowest BCUT2D eigenvalue weighted by molar-refractivity contribution is 0.514. The van der Waals surface area contributed by atoms with E-state index in [4.69, 9.17) is 0 Å². The normalized spacial score (nSPS) is 11.8. The van der Waals surface area contributed by atoms with Crippen LogP contribution in [0.3, 0.4) is 0 Å². The summed E-state index contributed by atoms with van der Waals surface area (Å²) in [5, 5.41) is 0. The summed E-state index contributed by atoms with van der Waals surface area (Å²) in [5.74, 6) is 0. The summed E-state index contributed by atoms with van der Waals surface area (Å²) < 4.78 is 31.9. The minimum absolute atomic E-state index is 0.0715. The summed E-state index contributed by atoms with van der Waals surface area (Å²) in [5.41, 5.74) is 2.81. The van der Waals surface area contributed by atoms with E-state index in [1.807, 2.05) is 61.5 Å². The van der Waals surface area contributed by atoms with Crippen LogP contribution in [0.1, 0.15) is 16.8 Å². The zero-order valence-electron chi connectivity index (χ0n) is 17.3. The largest absolute Gasteiger partial charge is 0.304 e. The smallest absolute Gasteiger partial charge is 0.283 e. The molecule has 0 bridgehead atoms. The van der Waals surface area contributed by atoms with Crippen molar-refractivity contribution in [2.24, 2.45) is 7.05 Å². The fraction of sp³-hybridized carbons (Fsp3) is 0.286. The van der Waals surface area contributed by atoms with Gasteiger partial charge in [0.25, 0.3) is 5.56 Å². The summed E-state index contributed by atoms with van der Waals surface area (Å²) in [6.07, 6.45) is 0. The van der Waals surface area contributed by atoms with E-state index in [0.717, 1.165) is 15.4 Å². The van der Waals surface area contributed by atoms with Gasteiger partial charge in [0, 0.05) is 21.1 Å². The van der Waals surface area contributed by atoms with E-state index in [9.17, 15) is 13.2 Å². The molecule has 0 saturated heterocycles. The lowest BCUT2D eigenvalue weighted by atomic mass is 10.1. The molecule has 2 aromatic carbocycles. The Morgan fingerprint density at radius 1 is 0.931 bits per heavy atom. The highest BCUT2D eigenvalue weighted by molar-refractivity contribution is 7.90. The Balaban J connectivity index is 2.25. The topological polar surface area (TPSA) is 67.5 Å². The predicted molar refractivity (Wildman–Crippen MR) is 116 cm³/mol. The Morgan fingerprint density at radius 3 is 2.10 bits per heavy atom. The lowest BCUT2D eigenvalue weighted by Gasteiger charge is -2.27. The van der Waals surface area contributed by atoms with Gasteiger partial charge in [-0.05, 0) is 37.1 Å². The van der Waals surface area contributed by atoms with Crippen molar-refractivity contribution in [2.45, 2.75) is 20.4 Å². The Hall–Kier alpha value is -2.84. The number of hydrogen-bond acceptors (Lipinski definition) is 3. The number of aryl methyl sites for hydroxylation is 1. The number of nitrogens with zero attached hydrogens (tertiary/aromatic N) is 4. The molecule has 29 heavy (non-hydrogen) atoms. The van der Waals surface area contributed by atoms with Crippen LogP contribution in [-0.2, 0) is 23.8 Å². The highest BCUT2D eigenvalue weighted by atomic mass is 32.2. The molecule has 3 rings (SSSR count). The second kappa shape index (κ2) is 7.88. The van der Waals surface area contributed by atoms with Gasteiger partial charge in [0.05, 0.1) is 17.9 Å². The van der Waals surface area contributed by atoms with Crippen molar-refractivity contribution in [1.29, 1.82) is 0 Å². The molecular weight excluding hydrogens is 388 g/mol. The lowest BCUT2D eigenvalue weighted by Crippen LogP contribution is -2.42. The van der Waals surface area contributed by atoms with Gasteiger partial charge < -0.3 is 0 Å². The second-order valence-corrected chi connectivity index (χ2v) is 9.20. The Bertz CT molecular complexity index is 1180. The number of rotatable bonds is 6. The van der Waals surface area contributed by atoms with E-state index in [1.54, 1.807) is 18.7 Å². The number of hydrogen-bond donors (Lipinski definition) is 0. The first-order valence-corrected chi connectivity index (χ1v) is 10.6. The number of anilines is 1. The highest BCUT2D eigenvalue weighted by Crippen LogP contribution is 2.25. The van der Waals surface area contributed by atoms with Gasteiger partial charge in [-0.15, -0.1) is 0 Å². The summed E-state index contributed by atoms with van der Waals surface area (Å²) >= 11 is 0. The zero-order valence-corrected chi connectivity index (χ0v) is 18.1. The number of para-hydroxylation sites is 1. The quantitative estimate of drug-likeness (QED) is 0.623. The van der Waals surface area contributed by atoms with Gasteiger partial charge in [0.15, 0.2) is 0 Å². The molecule has 7 nitrogen and oxygen atoms in total. The Labute approximate surface area is 171 Å². The van der Waals surface area contributed by atoms with E-state index in [0.29, 0.717) is 11.4 Å². The van der Waals surface area contributed by atoms with Gasteiger partial charge in [0.1, 0.15) is 5.69 Å². The molecule has 0 amide bonds. The maximum atomic E-state index is 13.4. The highest BCUT2D eigenvalue weighted by Gasteiger charge is 2.32. The molecule has 0 fully saturated rings. The summed E-state index contributed by atoms with van der Waals surface area (Å²) in [6.45, 7) is 3.75. The van der Waals surface area contributed by atoms with Crippen LogP contribution in [0.25, 0.3) is 5.69 Å². The van der Waals surface area contributed by atoms with Crippen LogP contribution >= 0.6 is 0 Å². The maximum absolute atomic E-state index is 13.4. The van der Waals surface area contributed by atoms with Gasteiger partial charge in [0.2, 0.25) is 0 Å². The zero-order chi connectivity index (χ0) is 21.3. The van der Waals surface area contributed by atoms with Gasteiger partial charge in [-0.2, -0.15) is 12.7 Å². The Kier molecular flexibility index (Phi) is 5.68. The van der Waals surface area contributed by atoms with Crippen molar-refractivity contribution in [2.75, 3.05) is 18.4 Å². The molecule has 3 aromatic rings. The molecule has 1 heterocycles. The van der Waals surface area contributed by atoms with E-state index >= 15 is 0 Å². The molecule has 0 atom stereocenters. The molecule has 0 aliphatic rings. The minimum Gasteiger partial charge on any atom is -0.283 e. The minimum atomic E-state index is -3.90. The molecule has 154 valence electrons. The van der Waals surface area contributed by atoms with Crippen molar-refractivity contribution >= 4 is 15.9 Å². The molecule has 0 aliphatic heterocycles. The molecule has 0 spiro atoms. The van der Waals surface area contributed by atoms with Crippen molar-refractivity contribution in [1.82, 2.24) is 13.7 Å². The standard InChI is InChI=1S/C21H26N4O3S/c1-16-11-9-10-12-18(16)15-24(29(27,28)22(3)4)20-17(2)23(5)25(21(20)26)19-13-7-6-8-14-19/h6-14H,15H2,1-5H3. The van der Waals surface area contributed by atoms with Crippen LogP contribution in [0, 0.1) is 13.8 Å². The van der Waals surface area contributed by atoms with Crippen molar-refractivity contribution in [3.63, 3.8) is 0 Å². The van der Waals surface area contributed by atoms with Crippen LogP contribution in [0.15, 0.2) is 59.4 Å². The third kappa shape index (κ3) is 3.73. The van der Waals surface area contributed by atoms with Gasteiger partial charge in [-0.1, -0.05) is 42.5 Å². The molecule has 1 aromatic heterocycles. The van der Waals surface area contributed by atoms with Crippen LogP contribution in [0.5, 0.6) is 0 Å². The van der Waals surface area contributed by atoms with E-state index in [2.05, 4.69) is 0 Å². The van der Waals surface area contributed by atoms with Crippen molar-refractivity contribution < 1.29 is 8.42 Å². The van der Waals surface area contributed by atoms with Crippen LogP contribution in [-0.4, -0.2) is 36.2 Å². The van der Waals surface area contributed by atoms with Crippen molar-refractivity contribution in [3.8, 4) is 5.69 Å². The summed E-state index contributed by atoms with van der Waals surface area (Å²) in [7, 11) is 0.787. The number of aromatic nitrogens is 2. The molecule has 0 aliphatic carbocycles. The van der Waals surface area contributed by atoms with E-state index in [-0.39, 0.29) is 17.8 Å². The average molecular weight is 415 g/mol. The SMILES string of the molecule is Cc1ccccc1CN(c1c(C)n(C)n(-c2ccccc2)c1=O)S(=O)(=O)N(C)C. The predicted octanol–water partition coefficient (Wildman–Crippen LogP) is 2.61. The maximum Gasteiger partial charge on any atom is 0.304 e. The Morgan fingerprint density at radius 2 is 1.52 bits per heavy atom. The molecule has 0 radical (unpaired) electrons. The van der Waals surface area contributed by atoms with Crippen LogP contribution in [0.4, 0.5) is 5.69 Å². The third-order valence-electron chi connectivity index (χ3n) is 5.09. The second-order valence-electron chi connectivity index (χ2n) is 7.13. The first-order valence-electron chi connectivity index (χ1n) is 9.25. The van der Waals surface area contributed by atoms with Crippen LogP contribution in [0.2, 0.25) is 0 Å². The van der Waals surface area contributed by atoms with Gasteiger partial charge in [-0.25, -0.2) is 8.99 Å². The first kappa shape index (κ1) is 20.9. The monoisotopic (exact) mass is 414 g/mol. The fourth-order valence-electron chi connectivity index (χ4n) is 3.26. The summed E-state index contributed by atoms with van der Waals surface area (Å²) in [6, 6.07) is 16.7. The van der Waals surface area contributed by atoms with E-state index < -0.39 is 10.2 Å². The van der Waals surface area contributed by atoms with Gasteiger partial charge in [-0.3, -0.25) is 9.48 Å². The van der Waals surface area contributed by atoms with Gasteiger partial charge >= 0.3 is 10.2 Å².